The minimum Gasteiger partial charge on any atom is -0.469 e. The molecule has 1 aliphatic rings. The molecule has 9 heteroatoms. The molecule has 31 heavy (non-hydrogen) atoms. The van der Waals surface area contributed by atoms with Gasteiger partial charge in [0, 0.05) is 25.4 Å². The second-order valence-electron chi connectivity index (χ2n) is 8.01. The molecule has 1 amide bonds. The monoisotopic (exact) mass is 433 g/mol. The lowest BCUT2D eigenvalue weighted by atomic mass is 10.1. The number of nitrogens with zero attached hydrogens (tertiary/aromatic N) is 3. The van der Waals surface area contributed by atoms with Gasteiger partial charge in [-0.05, 0) is 46.1 Å². The van der Waals surface area contributed by atoms with Crippen LogP contribution in [0.2, 0.25) is 0 Å². The summed E-state index contributed by atoms with van der Waals surface area (Å²) in [6, 6.07) is 0. The minimum atomic E-state index is -0.513. The Kier molecular flexibility index (Phi) is 10.6. The van der Waals surface area contributed by atoms with E-state index in [1.54, 1.807) is 17.2 Å². The summed E-state index contributed by atoms with van der Waals surface area (Å²) < 4.78 is 9.82. The van der Waals surface area contributed by atoms with Crippen molar-refractivity contribution in [2.45, 2.75) is 72.4 Å². The van der Waals surface area contributed by atoms with E-state index >= 15 is 0 Å². The van der Waals surface area contributed by atoms with Crippen molar-refractivity contribution in [1.82, 2.24) is 14.9 Å². The zero-order valence-electron chi connectivity index (χ0n) is 19.4. The fraction of sp³-hybridized carbons (Fsp3) is 0.591. The molecule has 0 unspecified atom stereocenters. The zero-order chi connectivity index (χ0) is 23.4. The fourth-order valence-electron chi connectivity index (χ4n) is 2.59. The smallest absolute Gasteiger partial charge is 0.410 e. The molecule has 1 aromatic rings. The summed E-state index contributed by atoms with van der Waals surface area (Å²) in [6.45, 7) is 10.4. The zero-order valence-corrected chi connectivity index (χ0v) is 19.4. The molecule has 9 nitrogen and oxygen atoms in total. The molecule has 1 aliphatic heterocycles. The Labute approximate surface area is 184 Å². The molecule has 0 atom stereocenters. The minimum absolute atomic E-state index is 0.105. The van der Waals surface area contributed by atoms with Crippen molar-refractivity contribution in [2.24, 2.45) is 0 Å². The van der Waals surface area contributed by atoms with Crippen molar-refractivity contribution in [2.75, 3.05) is 19.0 Å². The molecular formula is C22H35N5O4. The topological polar surface area (TPSA) is 118 Å². The van der Waals surface area contributed by atoms with Gasteiger partial charge in [0.15, 0.2) is 0 Å². The van der Waals surface area contributed by atoms with Gasteiger partial charge in [-0.1, -0.05) is 19.4 Å². The van der Waals surface area contributed by atoms with Gasteiger partial charge < -0.3 is 25.1 Å². The SMILES string of the molecule is C/C=C(\C=N)Nc1ncc2c(n1)CN(C(=O)OC(C)(C)C)CC2.CCCCC(=O)OC. The molecule has 0 spiro atoms. The van der Waals surface area contributed by atoms with Gasteiger partial charge in [0.1, 0.15) is 5.60 Å². The van der Waals surface area contributed by atoms with Gasteiger partial charge >= 0.3 is 12.1 Å². The number of carbonyl (C=O) groups is 2. The molecule has 0 saturated carbocycles. The van der Waals surface area contributed by atoms with Gasteiger partial charge in [0.2, 0.25) is 5.95 Å². The number of anilines is 1. The van der Waals surface area contributed by atoms with Crippen LogP contribution in [0.15, 0.2) is 18.0 Å². The Morgan fingerprint density at radius 1 is 1.35 bits per heavy atom. The Morgan fingerprint density at radius 3 is 2.61 bits per heavy atom. The van der Waals surface area contributed by atoms with Gasteiger partial charge in [0.05, 0.1) is 25.0 Å². The number of ether oxygens (including phenoxy) is 2. The second kappa shape index (κ2) is 12.7. The summed E-state index contributed by atoms with van der Waals surface area (Å²) in [5, 5.41) is 10.3. The first-order chi connectivity index (χ1) is 14.6. The van der Waals surface area contributed by atoms with Crippen LogP contribution in [0.25, 0.3) is 0 Å². The van der Waals surface area contributed by atoms with Crippen LogP contribution in [0.1, 0.15) is 65.1 Å². The number of esters is 1. The lowest BCUT2D eigenvalue weighted by molar-refractivity contribution is -0.140. The van der Waals surface area contributed by atoms with Crippen LogP contribution in [0.4, 0.5) is 10.7 Å². The molecule has 0 aliphatic carbocycles. The summed E-state index contributed by atoms with van der Waals surface area (Å²) in [4.78, 5) is 32.9. The summed E-state index contributed by atoms with van der Waals surface area (Å²) in [6.07, 6.45) is 7.67. The van der Waals surface area contributed by atoms with Crippen molar-refractivity contribution in [3.8, 4) is 0 Å². The Bertz CT molecular complexity index is 787. The maximum absolute atomic E-state index is 12.2. The molecule has 172 valence electrons. The highest BCUT2D eigenvalue weighted by Gasteiger charge is 2.26. The second-order valence-corrected chi connectivity index (χ2v) is 8.01. The van der Waals surface area contributed by atoms with Crippen molar-refractivity contribution >= 4 is 24.2 Å². The van der Waals surface area contributed by atoms with E-state index in [-0.39, 0.29) is 12.1 Å². The highest BCUT2D eigenvalue weighted by atomic mass is 16.6. The molecule has 0 fully saturated rings. The normalized spacial score (nSPS) is 13.4. The van der Waals surface area contributed by atoms with Crippen molar-refractivity contribution in [3.63, 3.8) is 0 Å². The number of rotatable bonds is 6. The van der Waals surface area contributed by atoms with E-state index in [1.165, 1.54) is 13.3 Å². The number of aromatic nitrogens is 2. The lowest BCUT2D eigenvalue weighted by Gasteiger charge is -2.30. The number of nitrogens with one attached hydrogen (secondary N) is 2. The molecule has 0 saturated heterocycles. The third-order valence-electron chi connectivity index (χ3n) is 4.28. The number of carbonyl (C=O) groups excluding carboxylic acids is 2. The summed E-state index contributed by atoms with van der Waals surface area (Å²) in [5.41, 5.74) is 1.94. The highest BCUT2D eigenvalue weighted by molar-refractivity contribution is 5.79. The maximum Gasteiger partial charge on any atom is 0.410 e. The van der Waals surface area contributed by atoms with E-state index in [0.29, 0.717) is 37.6 Å². The highest BCUT2D eigenvalue weighted by Crippen LogP contribution is 2.20. The van der Waals surface area contributed by atoms with Crippen LogP contribution in [-0.2, 0) is 27.2 Å². The summed E-state index contributed by atoms with van der Waals surface area (Å²) in [7, 11) is 1.41. The van der Waals surface area contributed by atoms with Crippen molar-refractivity contribution in [1.29, 1.82) is 5.41 Å². The Balaban J connectivity index is 0.000000512. The molecule has 2 N–H and O–H groups in total. The first kappa shape index (κ1) is 26.1. The summed E-state index contributed by atoms with van der Waals surface area (Å²) >= 11 is 0. The number of hydrogen-bond acceptors (Lipinski definition) is 8. The largest absolute Gasteiger partial charge is 0.469 e. The molecule has 2 rings (SSSR count). The van der Waals surface area contributed by atoms with E-state index in [2.05, 4.69) is 20.0 Å². The van der Waals surface area contributed by atoms with Gasteiger partial charge in [0.25, 0.3) is 0 Å². The number of unbranched alkanes of at least 4 members (excludes halogenated alkanes) is 1. The van der Waals surface area contributed by atoms with Crippen LogP contribution in [0, 0.1) is 5.41 Å². The predicted octanol–water partition coefficient (Wildman–Crippen LogP) is 4.08. The third-order valence-corrected chi connectivity index (χ3v) is 4.28. The van der Waals surface area contributed by atoms with Crippen LogP contribution >= 0.6 is 0 Å². The Hall–Kier alpha value is -2.97. The number of hydrogen-bond donors (Lipinski definition) is 2. The lowest BCUT2D eigenvalue weighted by Crippen LogP contribution is -2.40. The first-order valence-electron chi connectivity index (χ1n) is 10.5. The average molecular weight is 434 g/mol. The molecular weight excluding hydrogens is 398 g/mol. The number of allylic oxidation sites excluding steroid dienone is 2. The molecule has 0 radical (unpaired) electrons. The van der Waals surface area contributed by atoms with Crippen molar-refractivity contribution in [3.05, 3.63) is 29.2 Å². The van der Waals surface area contributed by atoms with E-state index in [1.807, 2.05) is 34.6 Å². The van der Waals surface area contributed by atoms with E-state index in [9.17, 15) is 9.59 Å². The van der Waals surface area contributed by atoms with Gasteiger partial charge in [-0.3, -0.25) is 4.79 Å². The molecule has 0 bridgehead atoms. The predicted molar refractivity (Wildman–Crippen MR) is 120 cm³/mol. The van der Waals surface area contributed by atoms with E-state index < -0.39 is 5.60 Å². The molecule has 2 heterocycles. The van der Waals surface area contributed by atoms with Crippen LogP contribution in [0.3, 0.4) is 0 Å². The number of fused-ring (bicyclic) bond motifs is 1. The van der Waals surface area contributed by atoms with Crippen molar-refractivity contribution < 1.29 is 19.1 Å². The van der Waals surface area contributed by atoms with Gasteiger partial charge in [-0.15, -0.1) is 0 Å². The third kappa shape index (κ3) is 9.59. The van der Waals surface area contributed by atoms with Gasteiger partial charge in [-0.2, -0.15) is 0 Å². The Morgan fingerprint density at radius 2 is 2.06 bits per heavy atom. The quantitative estimate of drug-likeness (QED) is 0.512. The molecule has 1 aromatic heterocycles. The van der Waals surface area contributed by atoms with E-state index in [0.717, 1.165) is 24.1 Å². The maximum atomic E-state index is 12.2. The van der Waals surface area contributed by atoms with Crippen LogP contribution in [-0.4, -0.2) is 52.4 Å². The molecule has 0 aromatic carbocycles. The van der Waals surface area contributed by atoms with Gasteiger partial charge in [-0.25, -0.2) is 14.8 Å². The fourth-order valence-corrected chi connectivity index (χ4v) is 2.59. The average Bonchev–Trinajstić information content (AvgIpc) is 2.74. The van der Waals surface area contributed by atoms with Crippen LogP contribution < -0.4 is 5.32 Å². The number of amides is 1. The first-order valence-corrected chi connectivity index (χ1v) is 10.5. The number of methoxy groups -OCH3 is 1. The van der Waals surface area contributed by atoms with Crippen LogP contribution in [0.5, 0.6) is 0 Å². The summed E-state index contributed by atoms with van der Waals surface area (Å²) in [5.74, 6) is 0.318. The standard InChI is InChI=1S/C16H23N5O2.C6H12O2/c1-5-12(8-17)19-14-18-9-11-6-7-21(10-13(11)20-14)15(22)23-16(2,3)4;1-3-4-5-6(7)8-2/h5,8-9,17H,6-7,10H2,1-4H3,(H,18,19,20);3-5H2,1-2H3/b12-5+,17-8?;. The van der Waals surface area contributed by atoms with E-state index in [4.69, 9.17) is 10.1 Å².